The van der Waals surface area contributed by atoms with Crippen molar-refractivity contribution in [2.75, 3.05) is 6.54 Å². The first-order valence-electron chi connectivity index (χ1n) is 11.8. The molecule has 0 unspecified atom stereocenters. The number of aryl methyl sites for hydroxylation is 3. The highest BCUT2D eigenvalue weighted by Gasteiger charge is 2.16. The lowest BCUT2D eigenvalue weighted by atomic mass is 9.95. The molecule has 0 aliphatic rings. The van der Waals surface area contributed by atoms with Gasteiger partial charge < -0.3 is 9.52 Å². The number of phenols is 1. The highest BCUT2D eigenvalue weighted by atomic mass is 16.4. The standard InChI is InChI=1S/C30H29NO4/c1-5-6-13-31-17-22-16-21(8-12-26(32)23-9-7-18(2)14-19(23)3)28-25(29(22)34)11-10-24-20(4)15-27(33)35-30(24)28/h7-12,14-17,34H,5-6,13H2,1-4H3/b12-8+,31-17?. The molecule has 3 aromatic carbocycles. The molecule has 4 rings (SSSR count). The summed E-state index contributed by atoms with van der Waals surface area (Å²) in [5.74, 6) is -0.0658. The minimum Gasteiger partial charge on any atom is -0.507 e. The van der Waals surface area contributed by atoms with E-state index < -0.39 is 5.63 Å². The van der Waals surface area contributed by atoms with E-state index >= 15 is 0 Å². The fourth-order valence-corrected chi connectivity index (χ4v) is 4.32. The third-order valence-electron chi connectivity index (χ3n) is 6.18. The van der Waals surface area contributed by atoms with E-state index in [1.807, 2.05) is 51.1 Å². The zero-order valence-corrected chi connectivity index (χ0v) is 20.5. The molecule has 0 spiro atoms. The molecular weight excluding hydrogens is 438 g/mol. The minimum atomic E-state index is -0.464. The molecule has 1 heterocycles. The molecule has 4 aromatic rings. The molecule has 5 heteroatoms. The van der Waals surface area contributed by atoms with Crippen molar-refractivity contribution in [3.63, 3.8) is 0 Å². The van der Waals surface area contributed by atoms with Gasteiger partial charge in [0.1, 0.15) is 11.3 Å². The van der Waals surface area contributed by atoms with E-state index in [9.17, 15) is 14.7 Å². The molecular formula is C30H29NO4. The van der Waals surface area contributed by atoms with Gasteiger partial charge in [-0.3, -0.25) is 9.79 Å². The molecule has 0 saturated heterocycles. The molecule has 35 heavy (non-hydrogen) atoms. The second-order valence-electron chi connectivity index (χ2n) is 8.92. The van der Waals surface area contributed by atoms with Gasteiger partial charge in [-0.15, -0.1) is 0 Å². The third-order valence-corrected chi connectivity index (χ3v) is 6.18. The molecule has 0 saturated carbocycles. The number of ketones is 1. The summed E-state index contributed by atoms with van der Waals surface area (Å²) in [6.45, 7) is 8.51. The Labute approximate surface area is 204 Å². The number of allylic oxidation sites excluding steroid dienone is 1. The van der Waals surface area contributed by atoms with Gasteiger partial charge in [-0.1, -0.05) is 49.2 Å². The Morgan fingerprint density at radius 3 is 2.51 bits per heavy atom. The van der Waals surface area contributed by atoms with Crippen LogP contribution in [0.5, 0.6) is 5.75 Å². The summed E-state index contributed by atoms with van der Waals surface area (Å²) in [7, 11) is 0. The number of hydrogen-bond acceptors (Lipinski definition) is 5. The Morgan fingerprint density at radius 1 is 1.00 bits per heavy atom. The highest BCUT2D eigenvalue weighted by Crippen LogP contribution is 2.37. The molecule has 0 aliphatic heterocycles. The molecule has 1 aromatic heterocycles. The van der Waals surface area contributed by atoms with Gasteiger partial charge in [0.15, 0.2) is 5.78 Å². The topological polar surface area (TPSA) is 79.9 Å². The van der Waals surface area contributed by atoms with Crippen LogP contribution in [0.1, 0.15) is 57.9 Å². The summed E-state index contributed by atoms with van der Waals surface area (Å²) in [6.07, 6.45) is 6.88. The maximum absolute atomic E-state index is 13.0. The van der Waals surface area contributed by atoms with Crippen LogP contribution in [-0.2, 0) is 0 Å². The number of nitrogens with zero attached hydrogens (tertiary/aromatic N) is 1. The second kappa shape index (κ2) is 10.1. The number of carbonyl (C=O) groups is 1. The summed E-state index contributed by atoms with van der Waals surface area (Å²) < 4.78 is 5.61. The molecule has 0 fully saturated rings. The molecule has 0 bridgehead atoms. The van der Waals surface area contributed by atoms with Crippen LogP contribution in [0.3, 0.4) is 0 Å². The van der Waals surface area contributed by atoms with Crippen molar-refractivity contribution >= 4 is 39.8 Å². The zero-order valence-electron chi connectivity index (χ0n) is 20.5. The first-order valence-corrected chi connectivity index (χ1v) is 11.8. The van der Waals surface area contributed by atoms with Gasteiger partial charge in [0.2, 0.25) is 0 Å². The Morgan fingerprint density at radius 2 is 1.77 bits per heavy atom. The van der Waals surface area contributed by atoms with Crippen molar-refractivity contribution in [2.24, 2.45) is 4.99 Å². The predicted molar refractivity (Wildman–Crippen MR) is 143 cm³/mol. The largest absolute Gasteiger partial charge is 0.507 e. The van der Waals surface area contributed by atoms with E-state index in [0.717, 1.165) is 34.9 Å². The fraction of sp³-hybridized carbons (Fsp3) is 0.233. The zero-order chi connectivity index (χ0) is 25.1. The molecule has 1 N–H and O–H groups in total. The average Bonchev–Trinajstić information content (AvgIpc) is 2.81. The summed E-state index contributed by atoms with van der Waals surface area (Å²) in [5, 5.41) is 12.9. The summed E-state index contributed by atoms with van der Waals surface area (Å²) >= 11 is 0. The van der Waals surface area contributed by atoms with Gasteiger partial charge in [-0.05, 0) is 62.1 Å². The maximum atomic E-state index is 13.0. The average molecular weight is 468 g/mol. The van der Waals surface area contributed by atoms with Crippen LogP contribution in [0.4, 0.5) is 0 Å². The van der Waals surface area contributed by atoms with E-state index in [2.05, 4.69) is 11.9 Å². The lowest BCUT2D eigenvalue weighted by Crippen LogP contribution is -2.00. The Bertz CT molecular complexity index is 1560. The van der Waals surface area contributed by atoms with E-state index in [1.54, 1.807) is 18.4 Å². The molecule has 0 aliphatic carbocycles. The Hall–Kier alpha value is -3.99. The number of fused-ring (bicyclic) bond motifs is 3. The number of rotatable bonds is 7. The normalized spacial score (nSPS) is 11.9. The number of unbranched alkanes of at least 4 members (excludes halogenated alkanes) is 1. The van der Waals surface area contributed by atoms with Crippen LogP contribution < -0.4 is 5.63 Å². The number of benzene rings is 3. The van der Waals surface area contributed by atoms with Crippen molar-refractivity contribution in [3.8, 4) is 5.75 Å². The fourth-order valence-electron chi connectivity index (χ4n) is 4.32. The van der Waals surface area contributed by atoms with Crippen molar-refractivity contribution < 1.29 is 14.3 Å². The van der Waals surface area contributed by atoms with Crippen molar-refractivity contribution in [1.29, 1.82) is 0 Å². The first kappa shape index (κ1) is 24.1. The monoisotopic (exact) mass is 467 g/mol. The second-order valence-corrected chi connectivity index (χ2v) is 8.92. The van der Waals surface area contributed by atoms with Crippen LogP contribution in [0.2, 0.25) is 0 Å². The van der Waals surface area contributed by atoms with Crippen LogP contribution in [0.25, 0.3) is 27.8 Å². The maximum Gasteiger partial charge on any atom is 0.336 e. The van der Waals surface area contributed by atoms with Crippen LogP contribution >= 0.6 is 0 Å². The van der Waals surface area contributed by atoms with Gasteiger partial charge in [0.25, 0.3) is 0 Å². The lowest BCUT2D eigenvalue weighted by molar-refractivity contribution is 0.104. The van der Waals surface area contributed by atoms with Gasteiger partial charge in [-0.2, -0.15) is 0 Å². The lowest BCUT2D eigenvalue weighted by Gasteiger charge is -2.12. The van der Waals surface area contributed by atoms with Crippen LogP contribution in [0.15, 0.2) is 62.7 Å². The summed E-state index contributed by atoms with van der Waals surface area (Å²) in [5.41, 5.74) is 4.54. The quantitative estimate of drug-likeness (QED) is 0.0820. The van der Waals surface area contributed by atoms with Gasteiger partial charge in [-0.25, -0.2) is 4.79 Å². The number of aromatic hydroxyl groups is 1. The van der Waals surface area contributed by atoms with E-state index in [-0.39, 0.29) is 11.5 Å². The van der Waals surface area contributed by atoms with Crippen molar-refractivity contribution in [1.82, 2.24) is 0 Å². The van der Waals surface area contributed by atoms with E-state index in [1.165, 1.54) is 12.1 Å². The van der Waals surface area contributed by atoms with E-state index in [4.69, 9.17) is 4.42 Å². The molecule has 178 valence electrons. The SMILES string of the molecule is CCCCN=Cc1cc(/C=C/C(=O)c2ccc(C)cc2C)c2c(ccc3c(C)cc(=O)oc32)c1O. The number of carbonyl (C=O) groups excluding carboxylic acids is 1. The summed E-state index contributed by atoms with van der Waals surface area (Å²) in [4.78, 5) is 29.7. The van der Waals surface area contributed by atoms with Gasteiger partial charge in [0.05, 0.1) is 0 Å². The highest BCUT2D eigenvalue weighted by molar-refractivity contribution is 6.15. The first-order chi connectivity index (χ1) is 16.8. The Balaban J connectivity index is 1.93. The third kappa shape index (κ3) is 4.94. The summed E-state index contributed by atoms with van der Waals surface area (Å²) in [6, 6.07) is 12.6. The number of hydrogen-bond donors (Lipinski definition) is 1. The van der Waals surface area contributed by atoms with E-state index in [0.29, 0.717) is 39.6 Å². The smallest absolute Gasteiger partial charge is 0.336 e. The molecule has 0 amide bonds. The molecule has 0 radical (unpaired) electrons. The minimum absolute atomic E-state index is 0.0594. The Kier molecular flexibility index (Phi) is 6.97. The van der Waals surface area contributed by atoms with Crippen LogP contribution in [0, 0.1) is 20.8 Å². The predicted octanol–water partition coefficient (Wildman–Crippen LogP) is 6.69. The molecule has 5 nitrogen and oxygen atoms in total. The van der Waals surface area contributed by atoms with Crippen molar-refractivity contribution in [2.45, 2.75) is 40.5 Å². The number of phenolic OH excluding ortho intramolecular Hbond substituents is 1. The van der Waals surface area contributed by atoms with Gasteiger partial charge in [0, 0.05) is 46.1 Å². The number of aliphatic imine (C=N–C) groups is 1. The molecule has 0 atom stereocenters. The van der Waals surface area contributed by atoms with Crippen LogP contribution in [-0.4, -0.2) is 23.6 Å². The van der Waals surface area contributed by atoms with Crippen molar-refractivity contribution in [3.05, 3.63) is 92.3 Å². The van der Waals surface area contributed by atoms with Gasteiger partial charge >= 0.3 is 5.63 Å².